The van der Waals surface area contributed by atoms with Crippen LogP contribution in [-0.4, -0.2) is 20.0 Å². The van der Waals surface area contributed by atoms with E-state index in [2.05, 4.69) is 31.2 Å². The highest BCUT2D eigenvalue weighted by atomic mass is 79.9. The van der Waals surface area contributed by atoms with Crippen LogP contribution in [0, 0.1) is 20.8 Å². The molecule has 0 aliphatic carbocycles. The zero-order valence-corrected chi connectivity index (χ0v) is 15.7. The highest BCUT2D eigenvalue weighted by Gasteiger charge is 2.18. The fraction of sp³-hybridized carbons (Fsp3) is 0.176. The second-order valence-electron chi connectivity index (χ2n) is 5.74. The van der Waals surface area contributed by atoms with Crippen LogP contribution in [-0.2, 0) is 0 Å². The Morgan fingerprint density at radius 3 is 2.54 bits per heavy atom. The lowest BCUT2D eigenvalue weighted by Gasteiger charge is -2.04. The maximum Gasteiger partial charge on any atom is 0.292 e. The van der Waals surface area contributed by atoms with Gasteiger partial charge in [-0.25, -0.2) is 4.98 Å². The standard InChI is InChI=1S/C17H13BrN4OS/c1-8-4-6-11(7-5-8)22-17(23)15-14(20-21-22)12-9(2)13(18)10(3)19-16(12)24-15/h4-7H,1-3H3. The summed E-state index contributed by atoms with van der Waals surface area (Å²) in [5.41, 5.74) is 4.22. The Hall–Kier alpha value is -2.12. The first-order valence-electron chi connectivity index (χ1n) is 7.39. The summed E-state index contributed by atoms with van der Waals surface area (Å²) in [5, 5.41) is 9.36. The van der Waals surface area contributed by atoms with E-state index in [-0.39, 0.29) is 5.56 Å². The Bertz CT molecular complexity index is 1160. The number of hydrogen-bond donors (Lipinski definition) is 0. The lowest BCUT2D eigenvalue weighted by molar-refractivity contribution is 0.740. The van der Waals surface area contributed by atoms with Crippen LogP contribution in [0.25, 0.3) is 26.1 Å². The first-order valence-corrected chi connectivity index (χ1v) is 9.00. The summed E-state index contributed by atoms with van der Waals surface area (Å²) in [4.78, 5) is 18.3. The summed E-state index contributed by atoms with van der Waals surface area (Å²) < 4.78 is 2.86. The maximum atomic E-state index is 12.9. The molecule has 0 bridgehead atoms. The largest absolute Gasteiger partial charge is 0.292 e. The summed E-state index contributed by atoms with van der Waals surface area (Å²) in [6.07, 6.45) is 0. The number of nitrogens with zero attached hydrogens (tertiary/aromatic N) is 4. The molecule has 0 saturated heterocycles. The average molecular weight is 401 g/mol. The molecule has 3 heterocycles. The number of aryl methyl sites for hydroxylation is 3. The van der Waals surface area contributed by atoms with Gasteiger partial charge in [-0.3, -0.25) is 4.79 Å². The Morgan fingerprint density at radius 2 is 1.83 bits per heavy atom. The van der Waals surface area contributed by atoms with Gasteiger partial charge in [0.1, 0.15) is 15.0 Å². The third-order valence-corrected chi connectivity index (χ3v) is 6.28. The molecule has 0 aliphatic rings. The van der Waals surface area contributed by atoms with E-state index < -0.39 is 0 Å². The minimum Gasteiger partial charge on any atom is -0.266 e. The van der Waals surface area contributed by atoms with Crippen LogP contribution >= 0.6 is 27.3 Å². The molecule has 7 heteroatoms. The van der Waals surface area contributed by atoms with Crippen molar-refractivity contribution >= 4 is 47.7 Å². The third kappa shape index (κ3) is 2.19. The van der Waals surface area contributed by atoms with Gasteiger partial charge in [-0.05, 0) is 54.4 Å². The molecule has 0 atom stereocenters. The van der Waals surface area contributed by atoms with Crippen LogP contribution in [0.2, 0.25) is 0 Å². The molecule has 5 nitrogen and oxygen atoms in total. The van der Waals surface area contributed by atoms with E-state index in [1.165, 1.54) is 16.0 Å². The molecule has 120 valence electrons. The van der Waals surface area contributed by atoms with E-state index in [1.807, 2.05) is 45.0 Å². The van der Waals surface area contributed by atoms with Crippen LogP contribution in [0.1, 0.15) is 16.8 Å². The molecule has 0 unspecified atom stereocenters. The molecule has 0 amide bonds. The first-order chi connectivity index (χ1) is 11.5. The lowest BCUT2D eigenvalue weighted by atomic mass is 10.1. The zero-order chi connectivity index (χ0) is 17.0. The molecule has 0 radical (unpaired) electrons. The van der Waals surface area contributed by atoms with Gasteiger partial charge in [-0.2, -0.15) is 4.68 Å². The fourth-order valence-corrected chi connectivity index (χ4v) is 4.16. The molecule has 0 N–H and O–H groups in total. The van der Waals surface area contributed by atoms with Crippen molar-refractivity contribution < 1.29 is 0 Å². The van der Waals surface area contributed by atoms with Crippen molar-refractivity contribution in [3.8, 4) is 5.69 Å². The summed E-state index contributed by atoms with van der Waals surface area (Å²) >= 11 is 4.93. The zero-order valence-electron chi connectivity index (χ0n) is 13.3. The number of hydrogen-bond acceptors (Lipinski definition) is 5. The highest BCUT2D eigenvalue weighted by Crippen LogP contribution is 2.35. The first kappa shape index (κ1) is 15.4. The van der Waals surface area contributed by atoms with Gasteiger partial charge in [0.15, 0.2) is 0 Å². The minimum atomic E-state index is -0.167. The predicted octanol–water partition coefficient (Wildman–Crippen LogP) is 4.08. The number of halogens is 1. The molecule has 0 spiro atoms. The lowest BCUT2D eigenvalue weighted by Crippen LogP contribution is -2.21. The van der Waals surface area contributed by atoms with Crippen LogP contribution in [0.3, 0.4) is 0 Å². The van der Waals surface area contributed by atoms with Gasteiger partial charge in [0.05, 0.1) is 11.4 Å². The van der Waals surface area contributed by atoms with Gasteiger partial charge >= 0.3 is 0 Å². The molecule has 0 aliphatic heterocycles. The van der Waals surface area contributed by atoms with Gasteiger partial charge in [-0.15, -0.1) is 16.4 Å². The molecule has 0 fully saturated rings. The van der Waals surface area contributed by atoms with Crippen molar-refractivity contribution in [1.29, 1.82) is 0 Å². The van der Waals surface area contributed by atoms with Crippen molar-refractivity contribution in [2.24, 2.45) is 0 Å². The Balaban J connectivity index is 2.07. The average Bonchev–Trinajstić information content (AvgIpc) is 2.93. The molecule has 0 saturated carbocycles. The molecule has 4 rings (SSSR count). The normalized spacial score (nSPS) is 11.5. The van der Waals surface area contributed by atoms with Gasteiger partial charge in [0.25, 0.3) is 5.56 Å². The number of benzene rings is 1. The Morgan fingerprint density at radius 1 is 1.12 bits per heavy atom. The van der Waals surface area contributed by atoms with Gasteiger partial charge in [0.2, 0.25) is 0 Å². The fourth-order valence-electron chi connectivity index (χ4n) is 2.73. The van der Waals surface area contributed by atoms with Crippen molar-refractivity contribution in [3.05, 3.63) is 55.9 Å². The minimum absolute atomic E-state index is 0.167. The van der Waals surface area contributed by atoms with Crippen LogP contribution < -0.4 is 5.56 Å². The molecule has 4 aromatic rings. The van der Waals surface area contributed by atoms with Crippen molar-refractivity contribution in [2.45, 2.75) is 20.8 Å². The van der Waals surface area contributed by atoms with E-state index in [0.29, 0.717) is 15.9 Å². The summed E-state index contributed by atoms with van der Waals surface area (Å²) in [7, 11) is 0. The highest BCUT2D eigenvalue weighted by molar-refractivity contribution is 9.10. The molecule has 3 aromatic heterocycles. The predicted molar refractivity (Wildman–Crippen MR) is 100 cm³/mol. The molecule has 1 aromatic carbocycles. The van der Waals surface area contributed by atoms with Crippen LogP contribution in [0.4, 0.5) is 0 Å². The van der Waals surface area contributed by atoms with Gasteiger partial charge < -0.3 is 0 Å². The monoisotopic (exact) mass is 400 g/mol. The van der Waals surface area contributed by atoms with Gasteiger partial charge in [0, 0.05) is 9.86 Å². The number of pyridine rings is 1. The maximum absolute atomic E-state index is 12.9. The molecular weight excluding hydrogens is 388 g/mol. The van der Waals surface area contributed by atoms with E-state index in [4.69, 9.17) is 0 Å². The van der Waals surface area contributed by atoms with E-state index in [1.54, 1.807) is 0 Å². The topological polar surface area (TPSA) is 60.7 Å². The van der Waals surface area contributed by atoms with Crippen LogP contribution in [0.5, 0.6) is 0 Å². The number of rotatable bonds is 1. The Labute approximate surface area is 150 Å². The van der Waals surface area contributed by atoms with Crippen molar-refractivity contribution in [2.75, 3.05) is 0 Å². The van der Waals surface area contributed by atoms with Crippen molar-refractivity contribution in [1.82, 2.24) is 20.0 Å². The Kier molecular flexibility index (Phi) is 3.51. The summed E-state index contributed by atoms with van der Waals surface area (Å²) in [6, 6.07) is 7.64. The van der Waals surface area contributed by atoms with Gasteiger partial charge in [-0.1, -0.05) is 22.9 Å². The SMILES string of the molecule is Cc1ccc(-n2nnc3c(sc4nc(C)c(Br)c(C)c43)c2=O)cc1. The molecular formula is C17H13BrN4OS. The van der Waals surface area contributed by atoms with Crippen LogP contribution in [0.15, 0.2) is 33.5 Å². The molecule has 24 heavy (non-hydrogen) atoms. The van der Waals surface area contributed by atoms with E-state index in [9.17, 15) is 4.79 Å². The second-order valence-corrected chi connectivity index (χ2v) is 7.53. The quantitative estimate of drug-likeness (QED) is 0.482. The number of aromatic nitrogens is 4. The van der Waals surface area contributed by atoms with E-state index >= 15 is 0 Å². The van der Waals surface area contributed by atoms with E-state index in [0.717, 1.165) is 31.5 Å². The van der Waals surface area contributed by atoms with Crippen molar-refractivity contribution in [3.63, 3.8) is 0 Å². The number of fused-ring (bicyclic) bond motifs is 3. The summed E-state index contributed by atoms with van der Waals surface area (Å²) in [6.45, 7) is 5.94. The summed E-state index contributed by atoms with van der Waals surface area (Å²) in [5.74, 6) is 0. The smallest absolute Gasteiger partial charge is 0.266 e. The second kappa shape index (κ2) is 5.46. The number of thiophene rings is 1. The third-order valence-electron chi connectivity index (χ3n) is 4.05.